The third-order valence-corrected chi connectivity index (χ3v) is 4.65. The van der Waals surface area contributed by atoms with E-state index in [4.69, 9.17) is 0 Å². The fourth-order valence-electron chi connectivity index (χ4n) is 2.15. The van der Waals surface area contributed by atoms with Gasteiger partial charge in [-0.3, -0.25) is 0 Å². The normalized spacial score (nSPS) is 12.5. The summed E-state index contributed by atoms with van der Waals surface area (Å²) in [6, 6.07) is 10.8. The highest BCUT2D eigenvalue weighted by Gasteiger charge is 2.30. The molecule has 0 radical (unpaired) electrons. The number of rotatable bonds is 2. The first-order valence-corrected chi connectivity index (χ1v) is 11.8. The lowest BCUT2D eigenvalue weighted by Gasteiger charge is -2.09. The van der Waals surface area contributed by atoms with Crippen LogP contribution >= 0.6 is 0 Å². The first kappa shape index (κ1) is 20.0. The molecule has 1 nitrogen and oxygen atoms in total. The van der Waals surface area contributed by atoms with E-state index in [1.165, 1.54) is 12.1 Å². The average Bonchev–Trinajstić information content (AvgIpc) is 2.53. The Labute approximate surface area is 154 Å². The zero-order valence-corrected chi connectivity index (χ0v) is 16.6. The van der Waals surface area contributed by atoms with Crippen molar-refractivity contribution in [1.29, 1.82) is 0 Å². The van der Waals surface area contributed by atoms with Crippen molar-refractivity contribution in [3.8, 4) is 11.5 Å². The van der Waals surface area contributed by atoms with Crippen LogP contribution in [0.5, 0.6) is 0 Å². The van der Waals surface area contributed by atoms with Crippen molar-refractivity contribution in [1.82, 2.24) is 0 Å². The molecule has 26 heavy (non-hydrogen) atoms. The number of hydrogen-bond donors (Lipinski definition) is 0. The van der Waals surface area contributed by atoms with E-state index in [1.807, 2.05) is 32.0 Å². The van der Waals surface area contributed by atoms with E-state index in [2.05, 4.69) is 36.1 Å². The van der Waals surface area contributed by atoms with Gasteiger partial charge in [0.25, 0.3) is 0 Å². The van der Waals surface area contributed by atoms with Gasteiger partial charge in [-0.15, -0.1) is 5.54 Å². The summed E-state index contributed by atoms with van der Waals surface area (Å²) in [4.78, 5) is 4.61. The number of benzene rings is 2. The summed E-state index contributed by atoms with van der Waals surface area (Å²) in [6.45, 7) is 10.4. The van der Waals surface area contributed by atoms with Crippen LogP contribution in [0.2, 0.25) is 19.6 Å². The van der Waals surface area contributed by atoms with Gasteiger partial charge in [0.1, 0.15) is 13.8 Å². The molecule has 136 valence electrons. The summed E-state index contributed by atoms with van der Waals surface area (Å²) >= 11 is 0. The Kier molecular flexibility index (Phi) is 5.77. The molecule has 0 atom stereocenters. The molecule has 0 spiro atoms. The van der Waals surface area contributed by atoms with Crippen LogP contribution < -0.4 is 0 Å². The zero-order valence-electron chi connectivity index (χ0n) is 15.6. The molecular formula is C21H22F3NSi. The van der Waals surface area contributed by atoms with Gasteiger partial charge in [-0.1, -0.05) is 43.8 Å². The minimum atomic E-state index is -4.35. The molecule has 0 aromatic heterocycles. The molecule has 0 heterocycles. The molecule has 0 amide bonds. The highest BCUT2D eigenvalue weighted by Crippen LogP contribution is 2.29. The fourth-order valence-corrected chi connectivity index (χ4v) is 2.65. The molecule has 0 saturated heterocycles. The highest BCUT2D eigenvalue weighted by molar-refractivity contribution is 6.84. The van der Waals surface area contributed by atoms with Gasteiger partial charge in [-0.05, 0) is 49.2 Å². The van der Waals surface area contributed by atoms with Crippen LogP contribution in [0.25, 0.3) is 0 Å². The maximum atomic E-state index is 12.8. The van der Waals surface area contributed by atoms with Crippen LogP contribution in [0.1, 0.15) is 22.3 Å². The van der Waals surface area contributed by atoms with Crippen LogP contribution in [0.15, 0.2) is 47.5 Å². The molecule has 2 aromatic carbocycles. The summed E-state index contributed by atoms with van der Waals surface area (Å²) in [5.41, 5.74) is 6.66. The van der Waals surface area contributed by atoms with Crippen molar-refractivity contribution >= 4 is 19.5 Å². The summed E-state index contributed by atoms with van der Waals surface area (Å²) < 4.78 is 38.4. The third-order valence-electron chi connectivity index (χ3n) is 3.77. The Morgan fingerprint density at radius 1 is 0.923 bits per heavy atom. The van der Waals surface area contributed by atoms with Gasteiger partial charge >= 0.3 is 6.18 Å². The van der Waals surface area contributed by atoms with Crippen LogP contribution in [-0.4, -0.2) is 13.8 Å². The van der Waals surface area contributed by atoms with Crippen molar-refractivity contribution < 1.29 is 13.2 Å². The minimum absolute atomic E-state index is 0.490. The summed E-state index contributed by atoms with van der Waals surface area (Å²) in [6.07, 6.45) is -4.35. The second kappa shape index (κ2) is 7.51. The Morgan fingerprint density at radius 2 is 1.54 bits per heavy atom. The van der Waals surface area contributed by atoms with E-state index in [0.29, 0.717) is 11.3 Å². The molecule has 0 saturated carbocycles. The van der Waals surface area contributed by atoms with Crippen LogP contribution in [0.3, 0.4) is 0 Å². The number of nitrogens with zero attached hydrogens (tertiary/aromatic N) is 1. The van der Waals surface area contributed by atoms with E-state index in [1.54, 1.807) is 0 Å². The smallest absolute Gasteiger partial charge is 0.239 e. The molecule has 0 bridgehead atoms. The second-order valence-electron chi connectivity index (χ2n) is 7.30. The van der Waals surface area contributed by atoms with Gasteiger partial charge < -0.3 is 0 Å². The Bertz CT molecular complexity index is 877. The van der Waals surface area contributed by atoms with Crippen molar-refractivity contribution in [2.24, 2.45) is 4.99 Å². The van der Waals surface area contributed by atoms with Gasteiger partial charge in [0.15, 0.2) is 0 Å². The predicted molar refractivity (Wildman–Crippen MR) is 105 cm³/mol. The van der Waals surface area contributed by atoms with Crippen LogP contribution in [0, 0.1) is 25.3 Å². The van der Waals surface area contributed by atoms with Gasteiger partial charge in [-0.2, -0.15) is 13.2 Å². The van der Waals surface area contributed by atoms with E-state index in [0.717, 1.165) is 28.9 Å². The average molecular weight is 373 g/mol. The second-order valence-corrected chi connectivity index (χ2v) is 12.1. The predicted octanol–water partition coefficient (Wildman–Crippen LogP) is 6.32. The molecule has 2 aromatic rings. The van der Waals surface area contributed by atoms with E-state index in [-0.39, 0.29) is 0 Å². The Balaban J connectivity index is 2.51. The number of aliphatic imine (C=N–C) groups is 1. The largest absolute Gasteiger partial charge is 0.416 e. The van der Waals surface area contributed by atoms with E-state index < -0.39 is 19.8 Å². The molecule has 0 N–H and O–H groups in total. The maximum Gasteiger partial charge on any atom is 0.416 e. The molecular weight excluding hydrogens is 351 g/mol. The lowest BCUT2D eigenvalue weighted by atomic mass is 10.1. The van der Waals surface area contributed by atoms with Crippen molar-refractivity contribution in [2.45, 2.75) is 39.7 Å². The first-order chi connectivity index (χ1) is 12.0. The standard InChI is InChI=1S/C21H22F3NSi/c1-15-6-11-19(14-16(15)2)25-20(12-13-26(3,4)5)17-7-9-18(10-8-17)21(22,23)24/h6-11,14H,1-5H3. The van der Waals surface area contributed by atoms with Gasteiger partial charge in [0, 0.05) is 5.56 Å². The summed E-state index contributed by atoms with van der Waals surface area (Å²) in [5.74, 6) is 3.10. The summed E-state index contributed by atoms with van der Waals surface area (Å²) in [7, 11) is -1.65. The monoisotopic (exact) mass is 373 g/mol. The van der Waals surface area contributed by atoms with E-state index in [9.17, 15) is 13.2 Å². The van der Waals surface area contributed by atoms with Crippen molar-refractivity contribution in [3.63, 3.8) is 0 Å². The molecule has 0 aliphatic rings. The van der Waals surface area contributed by atoms with E-state index >= 15 is 0 Å². The zero-order chi connectivity index (χ0) is 19.5. The fraction of sp³-hybridized carbons (Fsp3) is 0.286. The molecule has 5 heteroatoms. The van der Waals surface area contributed by atoms with Gasteiger partial charge in [0.05, 0.1) is 11.3 Å². The summed E-state index contributed by atoms with van der Waals surface area (Å²) in [5, 5.41) is 0. The Morgan fingerprint density at radius 3 is 2.04 bits per heavy atom. The number of halogens is 3. The van der Waals surface area contributed by atoms with Crippen molar-refractivity contribution in [2.75, 3.05) is 0 Å². The molecule has 2 rings (SSSR count). The first-order valence-electron chi connectivity index (χ1n) is 8.32. The number of alkyl halides is 3. The maximum absolute atomic E-state index is 12.8. The highest BCUT2D eigenvalue weighted by atomic mass is 28.3. The van der Waals surface area contributed by atoms with Crippen LogP contribution in [0.4, 0.5) is 18.9 Å². The third kappa shape index (κ3) is 5.60. The minimum Gasteiger partial charge on any atom is -0.239 e. The van der Waals surface area contributed by atoms with Crippen molar-refractivity contribution in [3.05, 3.63) is 64.7 Å². The topological polar surface area (TPSA) is 12.4 Å². The molecule has 0 unspecified atom stereocenters. The number of hydrogen-bond acceptors (Lipinski definition) is 1. The lowest BCUT2D eigenvalue weighted by Crippen LogP contribution is -2.17. The Hall–Kier alpha value is -2.32. The number of aryl methyl sites for hydroxylation is 2. The van der Waals surface area contributed by atoms with Gasteiger partial charge in [-0.25, -0.2) is 4.99 Å². The molecule has 0 aliphatic heterocycles. The molecule has 0 fully saturated rings. The quantitative estimate of drug-likeness (QED) is 0.332. The van der Waals surface area contributed by atoms with Gasteiger partial charge in [0.2, 0.25) is 0 Å². The lowest BCUT2D eigenvalue weighted by molar-refractivity contribution is -0.137. The SMILES string of the molecule is Cc1ccc(N=C(C#C[Si](C)(C)C)c2ccc(C(F)(F)F)cc2)cc1C. The molecule has 0 aliphatic carbocycles. The van der Waals surface area contributed by atoms with Crippen LogP contribution in [-0.2, 0) is 6.18 Å².